The Bertz CT molecular complexity index is 448. The van der Waals surface area contributed by atoms with Gasteiger partial charge in [-0.15, -0.1) is 0 Å². The number of carbonyl (C=O) groups is 1. The molecule has 1 amide bonds. The summed E-state index contributed by atoms with van der Waals surface area (Å²) in [5, 5.41) is 6.35. The lowest BCUT2D eigenvalue weighted by Gasteiger charge is -2.29. The molecule has 2 atom stereocenters. The molecule has 0 aromatic heterocycles. The lowest BCUT2D eigenvalue weighted by Crippen LogP contribution is -2.48. The Morgan fingerprint density at radius 1 is 1.45 bits per heavy atom. The second-order valence-electron chi connectivity index (χ2n) is 5.33. The first kappa shape index (κ1) is 15.0. The van der Waals surface area contributed by atoms with Crippen LogP contribution in [0.2, 0.25) is 0 Å². The Morgan fingerprint density at radius 2 is 2.25 bits per heavy atom. The standard InChI is InChI=1S/C16H24N2O2/c1-3-20-11-13-8-4-5-9-14(13)18-16(19)15-12(2)7-6-10-17-15/h4-5,8-9,12,15,17H,3,6-7,10-11H2,1-2H3,(H,18,19). The van der Waals surface area contributed by atoms with Crippen LogP contribution < -0.4 is 10.6 Å². The zero-order valence-electron chi connectivity index (χ0n) is 12.3. The normalized spacial score (nSPS) is 22.5. The zero-order valence-corrected chi connectivity index (χ0v) is 12.3. The van der Waals surface area contributed by atoms with E-state index in [1.165, 1.54) is 0 Å². The fourth-order valence-electron chi connectivity index (χ4n) is 2.59. The highest BCUT2D eigenvalue weighted by Crippen LogP contribution is 2.20. The molecule has 1 aliphatic rings. The number of hydrogen-bond acceptors (Lipinski definition) is 3. The number of amides is 1. The first-order valence-electron chi connectivity index (χ1n) is 7.42. The van der Waals surface area contributed by atoms with Gasteiger partial charge in [-0.3, -0.25) is 4.79 Å². The van der Waals surface area contributed by atoms with Crippen molar-refractivity contribution in [3.8, 4) is 0 Å². The summed E-state index contributed by atoms with van der Waals surface area (Å²) < 4.78 is 5.44. The van der Waals surface area contributed by atoms with E-state index in [0.29, 0.717) is 19.1 Å². The van der Waals surface area contributed by atoms with Crippen LogP contribution in [0, 0.1) is 5.92 Å². The van der Waals surface area contributed by atoms with Crippen molar-refractivity contribution in [1.29, 1.82) is 0 Å². The lowest BCUT2D eigenvalue weighted by atomic mass is 9.92. The number of para-hydroxylation sites is 1. The summed E-state index contributed by atoms with van der Waals surface area (Å²) in [5.41, 5.74) is 1.87. The van der Waals surface area contributed by atoms with Crippen molar-refractivity contribution in [2.24, 2.45) is 5.92 Å². The van der Waals surface area contributed by atoms with Crippen LogP contribution in [0.3, 0.4) is 0 Å². The van der Waals surface area contributed by atoms with Crippen LogP contribution in [0.15, 0.2) is 24.3 Å². The first-order valence-corrected chi connectivity index (χ1v) is 7.42. The van der Waals surface area contributed by atoms with Crippen molar-refractivity contribution in [1.82, 2.24) is 5.32 Å². The second-order valence-corrected chi connectivity index (χ2v) is 5.33. The smallest absolute Gasteiger partial charge is 0.241 e. The minimum atomic E-state index is -0.0936. The maximum absolute atomic E-state index is 12.4. The molecule has 2 unspecified atom stereocenters. The predicted octanol–water partition coefficient (Wildman–Crippen LogP) is 2.55. The SMILES string of the molecule is CCOCc1ccccc1NC(=O)C1NCCCC1C. The predicted molar refractivity (Wildman–Crippen MR) is 80.6 cm³/mol. The van der Waals surface area contributed by atoms with Crippen molar-refractivity contribution in [3.63, 3.8) is 0 Å². The summed E-state index contributed by atoms with van der Waals surface area (Å²) in [5.74, 6) is 0.434. The van der Waals surface area contributed by atoms with Crippen LogP contribution in [-0.4, -0.2) is 25.1 Å². The van der Waals surface area contributed by atoms with Gasteiger partial charge in [-0.05, 0) is 38.3 Å². The van der Waals surface area contributed by atoms with Crippen LogP contribution in [0.1, 0.15) is 32.3 Å². The monoisotopic (exact) mass is 276 g/mol. The molecular formula is C16H24N2O2. The zero-order chi connectivity index (χ0) is 14.4. The fraction of sp³-hybridized carbons (Fsp3) is 0.562. The molecule has 1 heterocycles. The van der Waals surface area contributed by atoms with Crippen LogP contribution in [0.4, 0.5) is 5.69 Å². The van der Waals surface area contributed by atoms with Gasteiger partial charge in [-0.2, -0.15) is 0 Å². The molecule has 0 radical (unpaired) electrons. The van der Waals surface area contributed by atoms with Gasteiger partial charge in [0.25, 0.3) is 0 Å². The van der Waals surface area contributed by atoms with Crippen LogP contribution in [0.25, 0.3) is 0 Å². The molecule has 20 heavy (non-hydrogen) atoms. The van der Waals surface area contributed by atoms with Gasteiger partial charge in [0.2, 0.25) is 5.91 Å². The number of nitrogens with one attached hydrogen (secondary N) is 2. The van der Waals surface area contributed by atoms with Gasteiger partial charge in [0, 0.05) is 17.9 Å². The van der Waals surface area contributed by atoms with E-state index in [2.05, 4.69) is 17.6 Å². The highest BCUT2D eigenvalue weighted by molar-refractivity contribution is 5.95. The van der Waals surface area contributed by atoms with Crippen LogP contribution >= 0.6 is 0 Å². The van der Waals surface area contributed by atoms with Crippen molar-refractivity contribution < 1.29 is 9.53 Å². The second kappa shape index (κ2) is 7.41. The number of rotatable bonds is 5. The van der Waals surface area contributed by atoms with E-state index in [-0.39, 0.29) is 11.9 Å². The Morgan fingerprint density at radius 3 is 3.00 bits per heavy atom. The van der Waals surface area contributed by atoms with Gasteiger partial charge in [-0.25, -0.2) is 0 Å². The van der Waals surface area contributed by atoms with E-state index in [4.69, 9.17) is 4.74 Å². The summed E-state index contributed by atoms with van der Waals surface area (Å²) in [6, 6.07) is 7.72. The van der Waals surface area contributed by atoms with E-state index in [9.17, 15) is 4.79 Å². The number of piperidine rings is 1. The Kier molecular flexibility index (Phi) is 5.56. The number of benzene rings is 1. The molecule has 0 aliphatic carbocycles. The number of ether oxygens (including phenoxy) is 1. The summed E-state index contributed by atoms with van der Waals surface area (Å²) in [6.45, 7) is 6.21. The molecule has 0 bridgehead atoms. The minimum Gasteiger partial charge on any atom is -0.377 e. The molecular weight excluding hydrogens is 252 g/mol. The molecule has 2 N–H and O–H groups in total. The molecule has 1 aromatic rings. The molecule has 0 saturated carbocycles. The van der Waals surface area contributed by atoms with E-state index in [1.807, 2.05) is 31.2 Å². The third-order valence-corrected chi connectivity index (χ3v) is 3.79. The molecule has 1 aromatic carbocycles. The lowest BCUT2D eigenvalue weighted by molar-refractivity contribution is -0.119. The average molecular weight is 276 g/mol. The van der Waals surface area contributed by atoms with Crippen molar-refractivity contribution in [2.75, 3.05) is 18.5 Å². The number of hydrogen-bond donors (Lipinski definition) is 2. The van der Waals surface area contributed by atoms with Crippen LogP contribution in [0.5, 0.6) is 0 Å². The summed E-state index contributed by atoms with van der Waals surface area (Å²) >= 11 is 0. The third kappa shape index (κ3) is 3.81. The van der Waals surface area contributed by atoms with Crippen molar-refractivity contribution in [3.05, 3.63) is 29.8 Å². The number of anilines is 1. The highest BCUT2D eigenvalue weighted by Gasteiger charge is 2.27. The summed E-state index contributed by atoms with van der Waals surface area (Å²) in [6.07, 6.45) is 2.25. The van der Waals surface area contributed by atoms with Gasteiger partial charge in [0.15, 0.2) is 0 Å². The van der Waals surface area contributed by atoms with Gasteiger partial charge < -0.3 is 15.4 Å². The quantitative estimate of drug-likeness (QED) is 0.869. The fourth-order valence-corrected chi connectivity index (χ4v) is 2.59. The Hall–Kier alpha value is -1.39. The molecule has 1 saturated heterocycles. The molecule has 2 rings (SSSR count). The topological polar surface area (TPSA) is 50.4 Å². The molecule has 4 heteroatoms. The Balaban J connectivity index is 2.03. The van der Waals surface area contributed by atoms with Gasteiger partial charge >= 0.3 is 0 Å². The van der Waals surface area contributed by atoms with E-state index >= 15 is 0 Å². The highest BCUT2D eigenvalue weighted by atomic mass is 16.5. The van der Waals surface area contributed by atoms with Gasteiger partial charge in [0.05, 0.1) is 12.6 Å². The molecule has 0 spiro atoms. The van der Waals surface area contributed by atoms with Gasteiger partial charge in [0.1, 0.15) is 0 Å². The van der Waals surface area contributed by atoms with E-state index in [0.717, 1.165) is 30.6 Å². The average Bonchev–Trinajstić information content (AvgIpc) is 2.46. The van der Waals surface area contributed by atoms with E-state index < -0.39 is 0 Å². The van der Waals surface area contributed by atoms with Crippen LogP contribution in [-0.2, 0) is 16.1 Å². The van der Waals surface area contributed by atoms with Crippen molar-refractivity contribution in [2.45, 2.75) is 39.3 Å². The minimum absolute atomic E-state index is 0.0566. The maximum Gasteiger partial charge on any atom is 0.241 e. The molecule has 1 aliphatic heterocycles. The Labute approximate surface area is 120 Å². The largest absolute Gasteiger partial charge is 0.377 e. The van der Waals surface area contributed by atoms with Crippen molar-refractivity contribution >= 4 is 11.6 Å². The van der Waals surface area contributed by atoms with E-state index in [1.54, 1.807) is 0 Å². The van der Waals surface area contributed by atoms with Gasteiger partial charge in [-0.1, -0.05) is 25.1 Å². The summed E-state index contributed by atoms with van der Waals surface area (Å²) in [7, 11) is 0. The first-order chi connectivity index (χ1) is 9.72. The molecule has 110 valence electrons. The molecule has 4 nitrogen and oxygen atoms in total. The number of carbonyl (C=O) groups excluding carboxylic acids is 1. The third-order valence-electron chi connectivity index (χ3n) is 3.79. The summed E-state index contributed by atoms with van der Waals surface area (Å²) in [4.78, 5) is 12.4. The molecule has 1 fully saturated rings. The maximum atomic E-state index is 12.4.